The summed E-state index contributed by atoms with van der Waals surface area (Å²) in [6, 6.07) is 10.2. The molecule has 0 aliphatic carbocycles. The van der Waals surface area contributed by atoms with Gasteiger partial charge in [-0.3, -0.25) is 0 Å². The van der Waals surface area contributed by atoms with E-state index in [0.29, 0.717) is 23.7 Å². The van der Waals surface area contributed by atoms with E-state index in [4.69, 9.17) is 14.7 Å². The van der Waals surface area contributed by atoms with Crippen molar-refractivity contribution in [3.63, 3.8) is 0 Å². The lowest BCUT2D eigenvalue weighted by atomic mass is 10.2. The van der Waals surface area contributed by atoms with Crippen molar-refractivity contribution < 1.29 is 14.3 Å². The first-order chi connectivity index (χ1) is 9.69. The normalized spacial score (nSPS) is 9.85. The van der Waals surface area contributed by atoms with E-state index in [1.54, 1.807) is 37.3 Å². The number of ether oxygens (including phenoxy) is 2. The highest BCUT2D eigenvalue weighted by atomic mass is 16.5. The number of carbonyl (C=O) groups excluding carboxylic acids is 1. The van der Waals surface area contributed by atoms with Crippen molar-refractivity contribution in [3.05, 3.63) is 41.6 Å². The maximum Gasteiger partial charge on any atom is 0.338 e. The van der Waals surface area contributed by atoms with E-state index in [1.165, 1.54) is 11.8 Å². The largest absolute Gasteiger partial charge is 0.481 e. The molecule has 0 fully saturated rings. The first-order valence-electron chi connectivity index (χ1n) is 6.01. The molecule has 0 aliphatic rings. The Bertz CT molecular complexity index is 653. The van der Waals surface area contributed by atoms with Crippen molar-refractivity contribution >= 4 is 5.97 Å². The first kappa shape index (κ1) is 13.6. The van der Waals surface area contributed by atoms with Gasteiger partial charge in [0.15, 0.2) is 5.69 Å². The topological polar surface area (TPSA) is 77.1 Å². The molecule has 0 amide bonds. The summed E-state index contributed by atoms with van der Waals surface area (Å²) >= 11 is 0. The molecule has 0 bridgehead atoms. The van der Waals surface area contributed by atoms with Gasteiger partial charge in [-0.15, -0.1) is 0 Å². The second-order valence-corrected chi connectivity index (χ2v) is 3.86. The number of hydrogen-bond acceptors (Lipinski definition) is 5. The maximum atomic E-state index is 11.6. The van der Waals surface area contributed by atoms with Crippen LogP contribution in [0.1, 0.15) is 23.0 Å². The highest BCUT2D eigenvalue weighted by Crippen LogP contribution is 2.19. The summed E-state index contributed by atoms with van der Waals surface area (Å²) in [5.74, 6) is 0.0784. The standard InChI is InChI=1S/C14H13N3O3/c1-3-20-14(18)10-4-6-12(7-5-10)17-13(19-2)8-11(9-15)16-17/h4-8H,3H2,1-2H3. The molecule has 1 aromatic carbocycles. The number of methoxy groups -OCH3 is 1. The summed E-state index contributed by atoms with van der Waals surface area (Å²) in [5, 5.41) is 12.9. The number of rotatable bonds is 4. The molecule has 2 rings (SSSR count). The number of hydrogen-bond donors (Lipinski definition) is 0. The Kier molecular flexibility index (Phi) is 4.01. The highest BCUT2D eigenvalue weighted by molar-refractivity contribution is 5.89. The van der Waals surface area contributed by atoms with Crippen LogP contribution in [0.4, 0.5) is 0 Å². The molecular formula is C14H13N3O3. The number of nitriles is 1. The summed E-state index contributed by atoms with van der Waals surface area (Å²) in [6.45, 7) is 2.09. The minimum absolute atomic E-state index is 0.260. The number of carbonyl (C=O) groups is 1. The van der Waals surface area contributed by atoms with E-state index < -0.39 is 0 Å². The van der Waals surface area contributed by atoms with Crippen LogP contribution in [0.25, 0.3) is 5.69 Å². The van der Waals surface area contributed by atoms with Gasteiger partial charge in [0.1, 0.15) is 6.07 Å². The van der Waals surface area contributed by atoms with Gasteiger partial charge >= 0.3 is 5.97 Å². The Morgan fingerprint density at radius 1 is 1.40 bits per heavy atom. The lowest BCUT2D eigenvalue weighted by Gasteiger charge is -2.06. The van der Waals surface area contributed by atoms with Crippen LogP contribution in [-0.4, -0.2) is 29.5 Å². The summed E-state index contributed by atoms with van der Waals surface area (Å²) in [6.07, 6.45) is 0. The van der Waals surface area contributed by atoms with Gasteiger partial charge in [-0.1, -0.05) is 0 Å². The second kappa shape index (κ2) is 5.89. The van der Waals surface area contributed by atoms with Gasteiger partial charge in [-0.25, -0.2) is 4.79 Å². The Labute approximate surface area is 116 Å². The Morgan fingerprint density at radius 3 is 2.65 bits per heavy atom. The highest BCUT2D eigenvalue weighted by Gasteiger charge is 2.11. The van der Waals surface area contributed by atoms with Crippen LogP contribution >= 0.6 is 0 Å². The van der Waals surface area contributed by atoms with Crippen molar-refractivity contribution in [1.29, 1.82) is 5.26 Å². The van der Waals surface area contributed by atoms with Gasteiger partial charge in [0.05, 0.1) is 25.0 Å². The van der Waals surface area contributed by atoms with Gasteiger partial charge in [0, 0.05) is 6.07 Å². The molecule has 102 valence electrons. The molecule has 0 spiro atoms. The number of benzene rings is 1. The predicted molar refractivity (Wildman–Crippen MR) is 70.8 cm³/mol. The molecule has 20 heavy (non-hydrogen) atoms. The zero-order valence-corrected chi connectivity index (χ0v) is 11.2. The summed E-state index contributed by atoms with van der Waals surface area (Å²) in [5.41, 5.74) is 1.41. The molecule has 0 aliphatic heterocycles. The molecule has 0 saturated heterocycles. The van der Waals surface area contributed by atoms with Crippen molar-refractivity contribution in [2.45, 2.75) is 6.92 Å². The smallest absolute Gasteiger partial charge is 0.338 e. The van der Waals surface area contributed by atoms with Gasteiger partial charge in [0.2, 0.25) is 5.88 Å². The average Bonchev–Trinajstić information content (AvgIpc) is 2.91. The van der Waals surface area contributed by atoms with Gasteiger partial charge in [0.25, 0.3) is 0 Å². The third-order valence-corrected chi connectivity index (χ3v) is 2.62. The van der Waals surface area contributed by atoms with Gasteiger partial charge in [-0.2, -0.15) is 15.0 Å². The zero-order valence-electron chi connectivity index (χ0n) is 11.2. The summed E-state index contributed by atoms with van der Waals surface area (Å²) in [7, 11) is 1.50. The minimum Gasteiger partial charge on any atom is -0.481 e. The van der Waals surface area contributed by atoms with Crippen LogP contribution in [0.15, 0.2) is 30.3 Å². The average molecular weight is 271 g/mol. The van der Waals surface area contributed by atoms with Crippen LogP contribution in [0.3, 0.4) is 0 Å². The van der Waals surface area contributed by atoms with Crippen LogP contribution in [-0.2, 0) is 4.74 Å². The monoisotopic (exact) mass is 271 g/mol. The molecule has 1 aromatic heterocycles. The summed E-state index contributed by atoms with van der Waals surface area (Å²) < 4.78 is 11.6. The van der Waals surface area contributed by atoms with Gasteiger partial charge in [-0.05, 0) is 31.2 Å². The molecule has 2 aromatic rings. The van der Waals surface area contributed by atoms with E-state index in [2.05, 4.69) is 5.10 Å². The molecule has 1 heterocycles. The number of aromatic nitrogens is 2. The van der Waals surface area contributed by atoms with Crippen molar-refractivity contribution in [1.82, 2.24) is 9.78 Å². The molecule has 0 radical (unpaired) electrons. The fourth-order valence-electron chi connectivity index (χ4n) is 1.70. The second-order valence-electron chi connectivity index (χ2n) is 3.86. The van der Waals surface area contributed by atoms with E-state index in [9.17, 15) is 4.79 Å². The lowest BCUT2D eigenvalue weighted by molar-refractivity contribution is 0.0526. The van der Waals surface area contributed by atoms with Crippen LogP contribution in [0.2, 0.25) is 0 Å². The summed E-state index contributed by atoms with van der Waals surface area (Å²) in [4.78, 5) is 11.6. The zero-order chi connectivity index (χ0) is 14.5. The SMILES string of the molecule is CCOC(=O)c1ccc(-n2nc(C#N)cc2OC)cc1. The van der Waals surface area contributed by atoms with E-state index in [1.807, 2.05) is 6.07 Å². The fourth-order valence-corrected chi connectivity index (χ4v) is 1.70. The van der Waals surface area contributed by atoms with Crippen molar-refractivity contribution in [2.75, 3.05) is 13.7 Å². The molecule has 0 unspecified atom stereocenters. The molecular weight excluding hydrogens is 258 g/mol. The van der Waals surface area contributed by atoms with Crippen LogP contribution < -0.4 is 4.74 Å². The lowest BCUT2D eigenvalue weighted by Crippen LogP contribution is -2.05. The van der Waals surface area contributed by atoms with Crippen LogP contribution in [0, 0.1) is 11.3 Å². The van der Waals surface area contributed by atoms with Crippen molar-refractivity contribution in [3.8, 4) is 17.6 Å². The molecule has 0 N–H and O–H groups in total. The van der Waals surface area contributed by atoms with E-state index in [0.717, 1.165) is 0 Å². The first-order valence-corrected chi connectivity index (χ1v) is 6.01. The fraction of sp³-hybridized carbons (Fsp3) is 0.214. The quantitative estimate of drug-likeness (QED) is 0.794. The predicted octanol–water partition coefficient (Wildman–Crippen LogP) is 1.93. The van der Waals surface area contributed by atoms with Crippen molar-refractivity contribution in [2.24, 2.45) is 0 Å². The number of nitrogens with zero attached hydrogens (tertiary/aromatic N) is 3. The molecule has 0 atom stereocenters. The third kappa shape index (κ3) is 2.62. The molecule has 6 heteroatoms. The minimum atomic E-state index is -0.371. The van der Waals surface area contributed by atoms with E-state index in [-0.39, 0.29) is 11.7 Å². The number of esters is 1. The van der Waals surface area contributed by atoms with Crippen LogP contribution in [0.5, 0.6) is 5.88 Å². The Hall–Kier alpha value is -2.81. The molecule has 6 nitrogen and oxygen atoms in total. The molecule has 0 saturated carbocycles. The van der Waals surface area contributed by atoms with E-state index >= 15 is 0 Å². The third-order valence-electron chi connectivity index (χ3n) is 2.62. The maximum absolute atomic E-state index is 11.6. The Balaban J connectivity index is 2.33. The Morgan fingerprint density at radius 2 is 2.10 bits per heavy atom. The van der Waals surface area contributed by atoms with Gasteiger partial charge < -0.3 is 9.47 Å².